The molecule has 2 aliphatic rings. The van der Waals surface area contributed by atoms with E-state index in [0.717, 1.165) is 36.2 Å². The van der Waals surface area contributed by atoms with Gasteiger partial charge in [-0.05, 0) is 43.1 Å². The van der Waals surface area contributed by atoms with Gasteiger partial charge in [0.25, 0.3) is 0 Å². The molecule has 1 amide bonds. The molecule has 1 unspecified atom stereocenters. The van der Waals surface area contributed by atoms with Gasteiger partial charge in [0.2, 0.25) is 5.91 Å². The number of hydrogen-bond acceptors (Lipinski definition) is 2. The van der Waals surface area contributed by atoms with E-state index < -0.39 is 0 Å². The van der Waals surface area contributed by atoms with Crippen molar-refractivity contribution >= 4 is 39.9 Å². The van der Waals surface area contributed by atoms with Crippen LogP contribution < -0.4 is 10.2 Å². The fraction of sp³-hybridized carbons (Fsp3) is 0.500. The van der Waals surface area contributed by atoms with E-state index in [4.69, 9.17) is 0 Å². The molecular weight excluding hydrogens is 328 g/mol. The van der Waals surface area contributed by atoms with Crippen LogP contribution in [-0.2, 0) is 11.2 Å². The van der Waals surface area contributed by atoms with Gasteiger partial charge in [-0.25, -0.2) is 0 Å². The van der Waals surface area contributed by atoms with Gasteiger partial charge in [0.1, 0.15) is 0 Å². The molecule has 1 fully saturated rings. The van der Waals surface area contributed by atoms with Crippen molar-refractivity contribution in [2.75, 3.05) is 24.5 Å². The molecule has 0 bridgehead atoms. The van der Waals surface area contributed by atoms with Crippen LogP contribution in [-0.4, -0.2) is 25.5 Å². The van der Waals surface area contributed by atoms with Crippen molar-refractivity contribution in [3.05, 3.63) is 28.2 Å². The van der Waals surface area contributed by atoms with Crippen molar-refractivity contribution in [3.63, 3.8) is 0 Å². The lowest BCUT2D eigenvalue weighted by Crippen LogP contribution is -2.50. The van der Waals surface area contributed by atoms with Crippen LogP contribution in [0.4, 0.5) is 5.69 Å². The fourth-order valence-electron chi connectivity index (χ4n) is 2.69. The van der Waals surface area contributed by atoms with Crippen LogP contribution >= 0.6 is 28.3 Å². The molecule has 0 spiro atoms. The van der Waals surface area contributed by atoms with E-state index >= 15 is 0 Å². The first kappa shape index (κ1) is 14.8. The lowest BCUT2D eigenvalue weighted by atomic mass is 9.88. The summed E-state index contributed by atoms with van der Waals surface area (Å²) in [5.74, 6) is 0.906. The average Bonchev–Trinajstić information content (AvgIpc) is 2.68. The summed E-state index contributed by atoms with van der Waals surface area (Å²) in [6.07, 6.45) is 0.976. The number of nitrogens with one attached hydrogen (secondary N) is 1. The van der Waals surface area contributed by atoms with E-state index in [0.29, 0.717) is 5.92 Å². The van der Waals surface area contributed by atoms with Crippen molar-refractivity contribution in [2.24, 2.45) is 11.8 Å². The van der Waals surface area contributed by atoms with Gasteiger partial charge in [0.05, 0.1) is 0 Å². The summed E-state index contributed by atoms with van der Waals surface area (Å²) >= 11 is 3.48. The minimum atomic E-state index is 0. The van der Waals surface area contributed by atoms with E-state index in [-0.39, 0.29) is 24.2 Å². The van der Waals surface area contributed by atoms with Crippen molar-refractivity contribution in [3.8, 4) is 0 Å². The first-order valence-electron chi connectivity index (χ1n) is 6.47. The Morgan fingerprint density at radius 3 is 2.84 bits per heavy atom. The number of amides is 1. The van der Waals surface area contributed by atoms with Gasteiger partial charge >= 0.3 is 0 Å². The van der Waals surface area contributed by atoms with Crippen molar-refractivity contribution in [1.29, 1.82) is 0 Å². The summed E-state index contributed by atoms with van der Waals surface area (Å²) in [5, 5.41) is 3.24. The second-order valence-corrected chi connectivity index (χ2v) is 6.14. The molecule has 5 heteroatoms. The predicted molar refractivity (Wildman–Crippen MR) is 83.0 cm³/mol. The number of halogens is 2. The molecule has 1 saturated heterocycles. The Morgan fingerprint density at radius 1 is 1.47 bits per heavy atom. The zero-order valence-electron chi connectivity index (χ0n) is 10.9. The van der Waals surface area contributed by atoms with Gasteiger partial charge in [0.15, 0.2) is 0 Å². The highest BCUT2D eigenvalue weighted by molar-refractivity contribution is 9.10. The maximum Gasteiger partial charge on any atom is 0.230 e. The summed E-state index contributed by atoms with van der Waals surface area (Å²) in [5.41, 5.74) is 2.37. The number of anilines is 1. The summed E-state index contributed by atoms with van der Waals surface area (Å²) in [6, 6.07) is 6.22. The SMILES string of the molecule is CC(C(=O)N1CCc2ccc(Br)cc21)C1CNC1.Cl. The Bertz CT molecular complexity index is 490. The summed E-state index contributed by atoms with van der Waals surface area (Å²) < 4.78 is 1.04. The second-order valence-electron chi connectivity index (χ2n) is 5.22. The van der Waals surface area contributed by atoms with Crippen LogP contribution in [0.15, 0.2) is 22.7 Å². The molecule has 1 aromatic carbocycles. The molecule has 2 aliphatic heterocycles. The molecule has 1 atom stereocenters. The van der Waals surface area contributed by atoms with Crippen LogP contribution in [0, 0.1) is 11.8 Å². The minimum Gasteiger partial charge on any atom is -0.316 e. The van der Waals surface area contributed by atoms with E-state index in [9.17, 15) is 4.79 Å². The Hall–Kier alpha value is -0.580. The zero-order chi connectivity index (χ0) is 12.7. The third-order valence-electron chi connectivity index (χ3n) is 4.12. The van der Waals surface area contributed by atoms with E-state index in [1.165, 1.54) is 5.56 Å². The molecule has 104 valence electrons. The number of rotatable bonds is 2. The maximum atomic E-state index is 12.5. The molecule has 0 aliphatic carbocycles. The maximum absolute atomic E-state index is 12.5. The highest BCUT2D eigenvalue weighted by Gasteiger charge is 2.34. The molecule has 0 saturated carbocycles. The number of nitrogens with zero attached hydrogens (tertiary/aromatic N) is 1. The van der Waals surface area contributed by atoms with E-state index in [1.54, 1.807) is 0 Å². The van der Waals surface area contributed by atoms with Gasteiger partial charge in [-0.1, -0.05) is 28.9 Å². The van der Waals surface area contributed by atoms with Crippen LogP contribution in [0.3, 0.4) is 0 Å². The number of carbonyl (C=O) groups is 1. The highest BCUT2D eigenvalue weighted by Crippen LogP contribution is 2.33. The van der Waals surface area contributed by atoms with Gasteiger partial charge in [0, 0.05) is 22.6 Å². The van der Waals surface area contributed by atoms with E-state index in [2.05, 4.69) is 40.3 Å². The topological polar surface area (TPSA) is 32.3 Å². The van der Waals surface area contributed by atoms with Gasteiger partial charge in [-0.2, -0.15) is 0 Å². The number of fused-ring (bicyclic) bond motifs is 1. The zero-order valence-corrected chi connectivity index (χ0v) is 13.3. The smallest absolute Gasteiger partial charge is 0.230 e. The van der Waals surface area contributed by atoms with Crippen molar-refractivity contribution < 1.29 is 4.79 Å². The third kappa shape index (κ3) is 2.67. The number of carbonyl (C=O) groups excluding carboxylic acids is 1. The van der Waals surface area contributed by atoms with Crippen LogP contribution in [0.25, 0.3) is 0 Å². The lowest BCUT2D eigenvalue weighted by molar-refractivity contribution is -0.123. The molecule has 2 heterocycles. The lowest BCUT2D eigenvalue weighted by Gasteiger charge is -2.34. The highest BCUT2D eigenvalue weighted by atomic mass is 79.9. The largest absolute Gasteiger partial charge is 0.316 e. The molecule has 0 aromatic heterocycles. The summed E-state index contributed by atoms with van der Waals surface area (Å²) in [4.78, 5) is 14.5. The van der Waals surface area contributed by atoms with Gasteiger partial charge in [-0.15, -0.1) is 12.4 Å². The molecule has 1 aromatic rings. The Morgan fingerprint density at radius 2 is 2.21 bits per heavy atom. The fourth-order valence-corrected chi connectivity index (χ4v) is 3.04. The Labute approximate surface area is 128 Å². The number of hydrogen-bond donors (Lipinski definition) is 1. The first-order chi connectivity index (χ1) is 8.66. The molecule has 1 N–H and O–H groups in total. The molecule has 19 heavy (non-hydrogen) atoms. The van der Waals surface area contributed by atoms with E-state index in [1.807, 2.05) is 11.0 Å². The van der Waals surface area contributed by atoms with Crippen molar-refractivity contribution in [2.45, 2.75) is 13.3 Å². The average molecular weight is 346 g/mol. The van der Waals surface area contributed by atoms with Gasteiger partial charge < -0.3 is 10.2 Å². The normalized spacial score (nSPS) is 19.4. The monoisotopic (exact) mass is 344 g/mol. The second kappa shape index (κ2) is 5.81. The molecular formula is C14H18BrClN2O. The first-order valence-corrected chi connectivity index (χ1v) is 7.26. The standard InChI is InChI=1S/C14H17BrN2O.ClH/c1-9(11-7-16-8-11)14(18)17-5-4-10-2-3-12(15)6-13(10)17;/h2-3,6,9,11,16H,4-5,7-8H2,1H3;1H. The van der Waals surface area contributed by atoms with Crippen LogP contribution in [0.1, 0.15) is 12.5 Å². The van der Waals surface area contributed by atoms with Crippen LogP contribution in [0.2, 0.25) is 0 Å². The Balaban J connectivity index is 0.00000133. The molecule has 0 radical (unpaired) electrons. The van der Waals surface area contributed by atoms with Crippen LogP contribution in [0.5, 0.6) is 0 Å². The third-order valence-corrected chi connectivity index (χ3v) is 4.61. The molecule has 3 nitrogen and oxygen atoms in total. The minimum absolute atomic E-state index is 0. The molecule has 3 rings (SSSR count). The van der Waals surface area contributed by atoms with Crippen molar-refractivity contribution in [1.82, 2.24) is 5.32 Å². The number of benzene rings is 1. The Kier molecular flexibility index (Phi) is 4.54. The summed E-state index contributed by atoms with van der Waals surface area (Å²) in [6.45, 7) is 4.84. The summed E-state index contributed by atoms with van der Waals surface area (Å²) in [7, 11) is 0. The predicted octanol–water partition coefficient (Wildman–Crippen LogP) is 2.62. The quantitative estimate of drug-likeness (QED) is 0.893. The van der Waals surface area contributed by atoms with Gasteiger partial charge in [-0.3, -0.25) is 4.79 Å².